The number of esters is 1. The van der Waals surface area contributed by atoms with E-state index in [1.165, 1.54) is 25.3 Å². The van der Waals surface area contributed by atoms with Crippen molar-refractivity contribution in [1.82, 2.24) is 0 Å². The lowest BCUT2D eigenvalue weighted by Gasteiger charge is -2.10. The maximum atomic E-state index is 12.4. The van der Waals surface area contributed by atoms with E-state index in [0.717, 1.165) is 11.1 Å². The van der Waals surface area contributed by atoms with Gasteiger partial charge in [0.25, 0.3) is 0 Å². The molecule has 0 N–H and O–H groups in total. The van der Waals surface area contributed by atoms with Crippen molar-refractivity contribution in [3.05, 3.63) is 93.5 Å². The molecular weight excluding hydrogens is 409 g/mol. The third-order valence-corrected chi connectivity index (χ3v) is 4.80. The molecule has 0 unspecified atom stereocenters. The molecule has 0 aliphatic rings. The molecule has 0 heterocycles. The van der Waals surface area contributed by atoms with Crippen LogP contribution in [0.4, 0.5) is 0 Å². The summed E-state index contributed by atoms with van der Waals surface area (Å²) in [5.41, 5.74) is 2.31. The maximum Gasteiger partial charge on any atom is 0.343 e. The molecule has 29 heavy (non-hydrogen) atoms. The molecule has 0 saturated heterocycles. The number of methoxy groups -OCH3 is 1. The second kappa shape index (κ2) is 9.29. The zero-order valence-corrected chi connectivity index (χ0v) is 16.9. The fourth-order valence-electron chi connectivity index (χ4n) is 2.60. The first kappa shape index (κ1) is 20.5. The van der Waals surface area contributed by atoms with Gasteiger partial charge in [-0.05, 0) is 47.5 Å². The van der Waals surface area contributed by atoms with Crippen LogP contribution < -0.4 is 9.47 Å². The molecule has 0 radical (unpaired) electrons. The second-order valence-electron chi connectivity index (χ2n) is 5.96. The van der Waals surface area contributed by atoms with Gasteiger partial charge in [-0.15, -0.1) is 0 Å². The van der Waals surface area contributed by atoms with Gasteiger partial charge in [0.15, 0.2) is 11.5 Å². The van der Waals surface area contributed by atoms with E-state index in [2.05, 4.69) is 6.07 Å². The Hall–Kier alpha value is -3.26. The van der Waals surface area contributed by atoms with Gasteiger partial charge in [-0.2, -0.15) is 5.26 Å². The minimum atomic E-state index is -0.591. The van der Waals surface area contributed by atoms with Crippen LogP contribution in [0.15, 0.2) is 66.7 Å². The first-order valence-electron chi connectivity index (χ1n) is 8.54. The molecule has 3 rings (SSSR count). The number of carbonyl (C=O) groups excluding carboxylic acids is 1. The van der Waals surface area contributed by atoms with Crippen molar-refractivity contribution in [1.29, 1.82) is 5.26 Å². The van der Waals surface area contributed by atoms with Crippen LogP contribution in [0.3, 0.4) is 0 Å². The number of hydrogen-bond donors (Lipinski definition) is 0. The molecule has 0 bridgehead atoms. The molecule has 0 spiro atoms. The highest BCUT2D eigenvalue weighted by Crippen LogP contribution is 2.31. The highest BCUT2D eigenvalue weighted by atomic mass is 35.5. The summed E-state index contributed by atoms with van der Waals surface area (Å²) in [4.78, 5) is 12.4. The summed E-state index contributed by atoms with van der Waals surface area (Å²) in [5, 5.41) is 10.1. The van der Waals surface area contributed by atoms with E-state index in [-0.39, 0.29) is 16.3 Å². The van der Waals surface area contributed by atoms with Crippen LogP contribution in [-0.4, -0.2) is 13.1 Å². The Labute approximate surface area is 178 Å². The van der Waals surface area contributed by atoms with E-state index in [9.17, 15) is 10.1 Å². The van der Waals surface area contributed by atoms with E-state index < -0.39 is 5.97 Å². The topological polar surface area (TPSA) is 59.3 Å². The average Bonchev–Trinajstić information content (AvgIpc) is 2.75. The normalized spacial score (nSPS) is 10.9. The zero-order chi connectivity index (χ0) is 20.8. The summed E-state index contributed by atoms with van der Waals surface area (Å²) in [7, 11) is 1.47. The number of allylic oxidation sites excluding steroid dienone is 1. The van der Waals surface area contributed by atoms with E-state index in [4.69, 9.17) is 32.7 Å². The minimum Gasteiger partial charge on any atom is -0.493 e. The monoisotopic (exact) mass is 423 g/mol. The number of carbonyl (C=O) groups is 1. The van der Waals surface area contributed by atoms with Crippen LogP contribution in [0, 0.1) is 11.3 Å². The lowest BCUT2D eigenvalue weighted by atomic mass is 10.0. The highest BCUT2D eigenvalue weighted by molar-refractivity contribution is 6.42. The quantitative estimate of drug-likeness (QED) is 0.209. The first-order valence-corrected chi connectivity index (χ1v) is 9.30. The highest BCUT2D eigenvalue weighted by Gasteiger charge is 2.14. The Morgan fingerprint density at radius 2 is 1.69 bits per heavy atom. The molecule has 144 valence electrons. The van der Waals surface area contributed by atoms with Gasteiger partial charge in [0, 0.05) is 0 Å². The van der Waals surface area contributed by atoms with Gasteiger partial charge in [0.1, 0.15) is 0 Å². The van der Waals surface area contributed by atoms with Gasteiger partial charge in [0.05, 0.1) is 34.4 Å². The molecule has 0 aliphatic carbocycles. The largest absolute Gasteiger partial charge is 0.493 e. The van der Waals surface area contributed by atoms with E-state index in [1.54, 1.807) is 24.3 Å². The first-order chi connectivity index (χ1) is 14.0. The summed E-state index contributed by atoms with van der Waals surface area (Å²) in [6.45, 7) is 0. The molecule has 0 aromatic heterocycles. The number of ether oxygens (including phenoxy) is 2. The predicted molar refractivity (Wildman–Crippen MR) is 114 cm³/mol. The standard InChI is InChI=1S/C23H15Cl2NO3/c1-28-22-12-15(11-18(14-26)16-5-3-2-4-6-16)7-10-21(22)29-23(27)17-8-9-19(24)20(25)13-17/h2-13H,1H3/b18-11-. The lowest BCUT2D eigenvalue weighted by molar-refractivity contribution is 0.0729. The molecule has 0 aliphatic heterocycles. The fraction of sp³-hybridized carbons (Fsp3) is 0.0435. The van der Waals surface area contributed by atoms with Crippen molar-refractivity contribution in [2.75, 3.05) is 7.11 Å². The van der Waals surface area contributed by atoms with Crippen molar-refractivity contribution in [3.63, 3.8) is 0 Å². The summed E-state index contributed by atoms with van der Waals surface area (Å²) < 4.78 is 10.8. The molecule has 0 atom stereocenters. The van der Waals surface area contributed by atoms with Gasteiger partial charge < -0.3 is 9.47 Å². The van der Waals surface area contributed by atoms with Crippen LogP contribution in [0.25, 0.3) is 11.6 Å². The predicted octanol–water partition coefficient (Wildman–Crippen LogP) is 6.29. The Balaban J connectivity index is 1.87. The van der Waals surface area contributed by atoms with Crippen molar-refractivity contribution in [2.45, 2.75) is 0 Å². The van der Waals surface area contributed by atoms with Gasteiger partial charge in [-0.3, -0.25) is 0 Å². The van der Waals surface area contributed by atoms with Crippen molar-refractivity contribution >= 4 is 40.8 Å². The number of rotatable bonds is 5. The average molecular weight is 424 g/mol. The van der Waals surface area contributed by atoms with Gasteiger partial charge in [-0.1, -0.05) is 59.6 Å². The van der Waals surface area contributed by atoms with E-state index in [0.29, 0.717) is 16.3 Å². The summed E-state index contributed by atoms with van der Waals surface area (Å²) in [6.07, 6.45) is 1.74. The molecule has 0 saturated carbocycles. The molecule has 4 nitrogen and oxygen atoms in total. The Morgan fingerprint density at radius 1 is 0.931 bits per heavy atom. The molecule has 3 aromatic rings. The molecule has 3 aromatic carbocycles. The summed E-state index contributed by atoms with van der Waals surface area (Å²) in [6, 6.07) is 21.1. The Morgan fingerprint density at radius 3 is 2.34 bits per heavy atom. The zero-order valence-electron chi connectivity index (χ0n) is 15.4. The minimum absolute atomic E-state index is 0.249. The number of nitrogens with zero attached hydrogens (tertiary/aromatic N) is 1. The molecular formula is C23H15Cl2NO3. The Bertz CT molecular complexity index is 1120. The fourth-order valence-corrected chi connectivity index (χ4v) is 2.90. The van der Waals surface area contributed by atoms with Crippen LogP contribution in [0.1, 0.15) is 21.5 Å². The summed E-state index contributed by atoms with van der Waals surface area (Å²) >= 11 is 11.8. The number of hydrogen-bond acceptors (Lipinski definition) is 4. The molecule has 0 fully saturated rings. The third kappa shape index (κ3) is 4.97. The van der Waals surface area contributed by atoms with Crippen LogP contribution >= 0.6 is 23.2 Å². The van der Waals surface area contributed by atoms with Crippen LogP contribution in [-0.2, 0) is 0 Å². The third-order valence-electron chi connectivity index (χ3n) is 4.06. The second-order valence-corrected chi connectivity index (χ2v) is 6.78. The van der Waals surface area contributed by atoms with E-state index in [1.807, 2.05) is 30.3 Å². The smallest absolute Gasteiger partial charge is 0.343 e. The Kier molecular flexibility index (Phi) is 6.56. The number of benzene rings is 3. The number of halogens is 2. The maximum absolute atomic E-state index is 12.4. The number of nitriles is 1. The molecule has 0 amide bonds. The van der Waals surface area contributed by atoms with Gasteiger partial charge >= 0.3 is 5.97 Å². The van der Waals surface area contributed by atoms with E-state index >= 15 is 0 Å². The van der Waals surface area contributed by atoms with Crippen LogP contribution in [0.5, 0.6) is 11.5 Å². The van der Waals surface area contributed by atoms with Crippen molar-refractivity contribution in [3.8, 4) is 17.6 Å². The van der Waals surface area contributed by atoms with Crippen molar-refractivity contribution < 1.29 is 14.3 Å². The lowest BCUT2D eigenvalue weighted by Crippen LogP contribution is -2.09. The van der Waals surface area contributed by atoms with Crippen molar-refractivity contribution in [2.24, 2.45) is 0 Å². The van der Waals surface area contributed by atoms with Gasteiger partial charge in [-0.25, -0.2) is 4.79 Å². The van der Waals surface area contributed by atoms with Crippen LogP contribution in [0.2, 0.25) is 10.0 Å². The van der Waals surface area contributed by atoms with Gasteiger partial charge in [0.2, 0.25) is 0 Å². The molecule has 6 heteroatoms. The SMILES string of the molecule is COc1cc(/C=C(/C#N)c2ccccc2)ccc1OC(=O)c1ccc(Cl)c(Cl)c1. The summed E-state index contributed by atoms with van der Waals surface area (Å²) in [5.74, 6) is 0.0172.